The predicted molar refractivity (Wildman–Crippen MR) is 86.1 cm³/mol. The smallest absolute Gasteiger partial charge is 0.238 e. The highest BCUT2D eigenvalue weighted by Crippen LogP contribution is 2.24. The largest absolute Gasteiger partial charge is 0.384 e. The highest BCUT2D eigenvalue weighted by Gasteiger charge is 2.10. The number of halogens is 1. The lowest BCUT2D eigenvalue weighted by Crippen LogP contribution is -2.13. The molecule has 21 heavy (non-hydrogen) atoms. The van der Waals surface area contributed by atoms with E-state index >= 15 is 0 Å². The Kier molecular flexibility index (Phi) is 5.22. The van der Waals surface area contributed by atoms with Crippen LogP contribution in [0, 0.1) is 0 Å². The van der Waals surface area contributed by atoms with Gasteiger partial charge in [0, 0.05) is 6.54 Å². The first kappa shape index (κ1) is 15.8. The van der Waals surface area contributed by atoms with Crippen molar-refractivity contribution in [3.05, 3.63) is 59.1 Å². The Morgan fingerprint density at radius 3 is 2.48 bits per heavy atom. The van der Waals surface area contributed by atoms with Crippen LogP contribution < -0.4 is 10.5 Å². The predicted octanol–water partition coefficient (Wildman–Crippen LogP) is 3.03. The van der Waals surface area contributed by atoms with Crippen molar-refractivity contribution in [3.63, 3.8) is 0 Å². The molecule has 3 N–H and O–H groups in total. The lowest BCUT2D eigenvalue weighted by Gasteiger charge is -2.10. The molecule has 0 aliphatic rings. The minimum Gasteiger partial charge on any atom is -0.384 e. The molecule has 0 radical (unpaired) electrons. The first-order valence-corrected chi connectivity index (χ1v) is 8.49. The van der Waals surface area contributed by atoms with Gasteiger partial charge in [-0.25, -0.2) is 13.6 Å². The number of hydrogen-bond donors (Lipinski definition) is 2. The van der Waals surface area contributed by atoms with Crippen LogP contribution in [0.3, 0.4) is 0 Å². The Bertz CT molecular complexity index is 703. The summed E-state index contributed by atoms with van der Waals surface area (Å²) in [4.78, 5) is 0.0532. The molecule has 2 rings (SSSR count). The summed E-state index contributed by atoms with van der Waals surface area (Å²) in [6.45, 7) is 0.697. The molecule has 0 heterocycles. The van der Waals surface area contributed by atoms with Gasteiger partial charge in [-0.05, 0) is 36.6 Å². The summed E-state index contributed by atoms with van der Waals surface area (Å²) in [6.07, 6.45) is 1.86. The molecule has 2 aromatic carbocycles. The molecule has 0 fully saturated rings. The van der Waals surface area contributed by atoms with Crippen molar-refractivity contribution in [1.82, 2.24) is 0 Å². The van der Waals surface area contributed by atoms with Crippen molar-refractivity contribution < 1.29 is 8.42 Å². The monoisotopic (exact) mass is 324 g/mol. The molecule has 0 spiro atoms. The molecule has 0 bridgehead atoms. The third kappa shape index (κ3) is 4.74. The number of anilines is 1. The van der Waals surface area contributed by atoms with Crippen LogP contribution in [0.5, 0.6) is 0 Å². The average molecular weight is 325 g/mol. The van der Waals surface area contributed by atoms with Gasteiger partial charge in [0.15, 0.2) is 0 Å². The van der Waals surface area contributed by atoms with E-state index in [2.05, 4.69) is 17.4 Å². The van der Waals surface area contributed by atoms with Crippen molar-refractivity contribution in [1.29, 1.82) is 0 Å². The molecule has 0 amide bonds. The third-order valence-electron chi connectivity index (χ3n) is 3.07. The molecule has 0 saturated carbocycles. The van der Waals surface area contributed by atoms with Gasteiger partial charge in [-0.3, -0.25) is 0 Å². The Labute approximate surface area is 130 Å². The fourth-order valence-corrected chi connectivity index (χ4v) is 2.70. The van der Waals surface area contributed by atoms with Crippen LogP contribution in [0.2, 0.25) is 5.02 Å². The Hall–Kier alpha value is -1.56. The molecule has 2 aromatic rings. The lowest BCUT2D eigenvalue weighted by molar-refractivity contribution is 0.598. The van der Waals surface area contributed by atoms with Gasteiger partial charge < -0.3 is 5.32 Å². The summed E-state index contributed by atoms with van der Waals surface area (Å²) in [7, 11) is -3.71. The molecule has 0 aliphatic heterocycles. The Balaban J connectivity index is 1.94. The zero-order chi connectivity index (χ0) is 15.3. The summed E-state index contributed by atoms with van der Waals surface area (Å²) in [5.74, 6) is 0. The van der Waals surface area contributed by atoms with Crippen LogP contribution in [0.25, 0.3) is 0 Å². The Morgan fingerprint density at radius 2 is 1.81 bits per heavy atom. The zero-order valence-electron chi connectivity index (χ0n) is 11.4. The minimum absolute atomic E-state index is 0.0532. The maximum absolute atomic E-state index is 11.3. The first-order chi connectivity index (χ1) is 9.97. The number of hydrogen-bond acceptors (Lipinski definition) is 3. The SMILES string of the molecule is NS(=O)(=O)c1ccc(Cl)c(NCCCc2ccccc2)c1. The van der Waals surface area contributed by atoms with E-state index in [0.717, 1.165) is 12.8 Å². The van der Waals surface area contributed by atoms with Gasteiger partial charge in [0.1, 0.15) is 0 Å². The molecule has 0 aromatic heterocycles. The lowest BCUT2D eigenvalue weighted by atomic mass is 10.1. The molecular formula is C15H17ClN2O2S. The zero-order valence-corrected chi connectivity index (χ0v) is 13.0. The summed E-state index contributed by atoms with van der Waals surface area (Å²) in [5.41, 5.74) is 1.85. The molecule has 112 valence electrons. The van der Waals surface area contributed by atoms with Crippen LogP contribution in [0.15, 0.2) is 53.4 Å². The molecule has 0 aliphatic carbocycles. The molecule has 0 unspecified atom stereocenters. The normalized spacial score (nSPS) is 11.3. The van der Waals surface area contributed by atoms with E-state index in [4.69, 9.17) is 16.7 Å². The number of nitrogens with two attached hydrogens (primary N) is 1. The van der Waals surface area contributed by atoms with Crippen LogP contribution in [0.1, 0.15) is 12.0 Å². The van der Waals surface area contributed by atoms with Gasteiger partial charge in [-0.15, -0.1) is 0 Å². The van der Waals surface area contributed by atoms with Crippen LogP contribution in [0.4, 0.5) is 5.69 Å². The van der Waals surface area contributed by atoms with Crippen molar-refractivity contribution in [3.8, 4) is 0 Å². The van der Waals surface area contributed by atoms with E-state index in [9.17, 15) is 8.42 Å². The highest BCUT2D eigenvalue weighted by atomic mass is 35.5. The van der Waals surface area contributed by atoms with Crippen molar-refractivity contribution >= 4 is 27.3 Å². The molecule has 4 nitrogen and oxygen atoms in total. The number of nitrogens with one attached hydrogen (secondary N) is 1. The van der Waals surface area contributed by atoms with Gasteiger partial charge in [0.25, 0.3) is 0 Å². The summed E-state index contributed by atoms with van der Waals surface area (Å²) in [5, 5.41) is 8.73. The molecule has 0 saturated heterocycles. The average Bonchev–Trinajstić information content (AvgIpc) is 2.45. The topological polar surface area (TPSA) is 72.2 Å². The number of aryl methyl sites for hydroxylation is 1. The highest BCUT2D eigenvalue weighted by molar-refractivity contribution is 7.89. The van der Waals surface area contributed by atoms with Crippen LogP contribution >= 0.6 is 11.6 Å². The van der Waals surface area contributed by atoms with E-state index < -0.39 is 10.0 Å². The summed E-state index contributed by atoms with van der Waals surface area (Å²) >= 11 is 6.04. The second kappa shape index (κ2) is 6.93. The van der Waals surface area contributed by atoms with Gasteiger partial charge >= 0.3 is 0 Å². The van der Waals surface area contributed by atoms with Gasteiger partial charge in [-0.2, -0.15) is 0 Å². The number of rotatable bonds is 6. The molecule has 6 heteroatoms. The molecular weight excluding hydrogens is 308 g/mol. The van der Waals surface area contributed by atoms with Gasteiger partial charge in [-0.1, -0.05) is 41.9 Å². The first-order valence-electron chi connectivity index (χ1n) is 6.57. The van der Waals surface area contributed by atoms with Gasteiger partial charge in [0.2, 0.25) is 10.0 Å². The van der Waals surface area contributed by atoms with Crippen molar-refractivity contribution in [2.75, 3.05) is 11.9 Å². The number of benzene rings is 2. The fraction of sp³-hybridized carbons (Fsp3) is 0.200. The van der Waals surface area contributed by atoms with E-state index in [1.807, 2.05) is 18.2 Å². The quantitative estimate of drug-likeness (QED) is 0.802. The van der Waals surface area contributed by atoms with Gasteiger partial charge in [0.05, 0.1) is 15.6 Å². The number of sulfonamides is 1. The standard InChI is InChI=1S/C15H17ClN2O2S/c16-14-9-8-13(21(17,19)20)11-15(14)18-10-4-7-12-5-2-1-3-6-12/h1-3,5-6,8-9,11,18H,4,7,10H2,(H2,17,19,20). The summed E-state index contributed by atoms with van der Waals surface area (Å²) in [6, 6.07) is 14.5. The fourth-order valence-electron chi connectivity index (χ4n) is 1.98. The van der Waals surface area contributed by atoms with Crippen LogP contribution in [-0.2, 0) is 16.4 Å². The van der Waals surface area contributed by atoms with Crippen LogP contribution in [-0.4, -0.2) is 15.0 Å². The van der Waals surface area contributed by atoms with E-state index in [0.29, 0.717) is 17.3 Å². The summed E-state index contributed by atoms with van der Waals surface area (Å²) < 4.78 is 22.6. The Morgan fingerprint density at radius 1 is 1.10 bits per heavy atom. The second-order valence-electron chi connectivity index (χ2n) is 4.70. The maximum atomic E-state index is 11.3. The third-order valence-corrected chi connectivity index (χ3v) is 4.31. The number of primary sulfonamides is 1. The van der Waals surface area contributed by atoms with Crippen molar-refractivity contribution in [2.24, 2.45) is 5.14 Å². The van der Waals surface area contributed by atoms with Crippen molar-refractivity contribution in [2.45, 2.75) is 17.7 Å². The second-order valence-corrected chi connectivity index (χ2v) is 6.67. The van der Waals surface area contributed by atoms with E-state index in [1.54, 1.807) is 0 Å². The minimum atomic E-state index is -3.71. The molecule has 0 atom stereocenters. The van der Waals surface area contributed by atoms with E-state index in [-0.39, 0.29) is 4.90 Å². The van der Waals surface area contributed by atoms with E-state index in [1.165, 1.54) is 23.8 Å². The maximum Gasteiger partial charge on any atom is 0.238 e.